The second-order valence-electron chi connectivity index (χ2n) is 6.97. The zero-order valence-electron chi connectivity index (χ0n) is 16.2. The molecule has 27 heavy (non-hydrogen) atoms. The monoisotopic (exact) mass is 394 g/mol. The number of ether oxygens (including phenoxy) is 2. The second kappa shape index (κ2) is 10.0. The number of piperidine rings is 1. The molecule has 2 fully saturated rings. The van der Waals surface area contributed by atoms with Gasteiger partial charge in [0.2, 0.25) is 11.8 Å². The van der Waals surface area contributed by atoms with E-state index in [2.05, 4.69) is 37.3 Å². The van der Waals surface area contributed by atoms with Crippen LogP contribution in [0.5, 0.6) is 5.88 Å². The maximum absolute atomic E-state index is 5.41. The van der Waals surface area contributed by atoms with Crippen LogP contribution in [-0.2, 0) is 4.74 Å². The van der Waals surface area contributed by atoms with Gasteiger partial charge in [0.05, 0.1) is 20.3 Å². The second-order valence-corrected chi connectivity index (χ2v) is 7.37. The topological polar surface area (TPSA) is 74.8 Å². The molecule has 0 spiro atoms. The highest BCUT2D eigenvalue weighted by molar-refractivity contribution is 7.80. The molecule has 1 atom stereocenters. The minimum Gasteiger partial charge on any atom is -0.481 e. The number of hydrogen-bond acceptors (Lipinski definition) is 7. The van der Waals surface area contributed by atoms with E-state index in [1.54, 1.807) is 7.11 Å². The van der Waals surface area contributed by atoms with E-state index in [0.29, 0.717) is 23.0 Å². The third kappa shape index (κ3) is 5.88. The molecular weight excluding hydrogens is 364 g/mol. The summed E-state index contributed by atoms with van der Waals surface area (Å²) in [7, 11) is 1.62. The van der Waals surface area contributed by atoms with Crippen LogP contribution in [0, 0.1) is 0 Å². The lowest BCUT2D eigenvalue weighted by atomic mass is 10.0. The molecule has 1 aromatic heterocycles. The van der Waals surface area contributed by atoms with E-state index in [1.807, 2.05) is 6.07 Å². The molecule has 3 heterocycles. The Kier molecular flexibility index (Phi) is 7.42. The molecule has 0 aromatic carbocycles. The summed E-state index contributed by atoms with van der Waals surface area (Å²) in [6, 6.07) is 2.35. The average molecular weight is 395 g/mol. The van der Waals surface area contributed by atoms with Gasteiger partial charge in [-0.15, -0.1) is 0 Å². The summed E-state index contributed by atoms with van der Waals surface area (Å²) in [4.78, 5) is 13.7. The molecule has 2 aliphatic rings. The summed E-state index contributed by atoms with van der Waals surface area (Å²) in [5.74, 6) is 1.88. The highest BCUT2D eigenvalue weighted by Crippen LogP contribution is 2.26. The van der Waals surface area contributed by atoms with Crippen molar-refractivity contribution in [1.29, 1.82) is 0 Å². The van der Waals surface area contributed by atoms with Crippen molar-refractivity contribution < 1.29 is 9.47 Å². The first-order valence-corrected chi connectivity index (χ1v) is 10.1. The summed E-state index contributed by atoms with van der Waals surface area (Å²) < 4.78 is 10.7. The van der Waals surface area contributed by atoms with Crippen LogP contribution in [-0.4, -0.2) is 79.1 Å². The van der Waals surface area contributed by atoms with Crippen molar-refractivity contribution in [3.8, 4) is 5.88 Å². The van der Waals surface area contributed by atoms with E-state index in [0.717, 1.165) is 51.8 Å². The molecule has 3 rings (SSSR count). The number of morpholine rings is 1. The Morgan fingerprint density at radius 3 is 2.85 bits per heavy atom. The molecule has 0 amide bonds. The van der Waals surface area contributed by atoms with Crippen LogP contribution in [0.15, 0.2) is 6.07 Å². The van der Waals surface area contributed by atoms with Crippen molar-refractivity contribution >= 4 is 29.1 Å². The fraction of sp³-hybridized carbons (Fsp3) is 0.722. The van der Waals surface area contributed by atoms with E-state index in [1.165, 1.54) is 19.3 Å². The lowest BCUT2D eigenvalue weighted by Gasteiger charge is -2.34. The number of methoxy groups -OCH3 is 1. The van der Waals surface area contributed by atoms with Crippen LogP contribution in [0.3, 0.4) is 0 Å². The molecule has 1 aromatic rings. The van der Waals surface area contributed by atoms with Crippen LogP contribution in [0.25, 0.3) is 0 Å². The molecule has 9 heteroatoms. The van der Waals surface area contributed by atoms with Crippen molar-refractivity contribution in [1.82, 2.24) is 20.2 Å². The Hall–Kier alpha value is -1.71. The number of nitrogens with zero attached hydrogens (tertiary/aromatic N) is 4. The molecule has 2 N–H and O–H groups in total. The van der Waals surface area contributed by atoms with Crippen LogP contribution >= 0.6 is 12.2 Å². The van der Waals surface area contributed by atoms with Gasteiger partial charge in [0, 0.05) is 44.8 Å². The average Bonchev–Trinajstić information content (AvgIpc) is 2.69. The lowest BCUT2D eigenvalue weighted by Crippen LogP contribution is -2.42. The molecule has 0 radical (unpaired) electrons. The number of hydrogen-bond donors (Lipinski definition) is 2. The number of thiocarbonyl (C=S) groups is 1. The van der Waals surface area contributed by atoms with Gasteiger partial charge < -0.3 is 25.0 Å². The molecular formula is C18H30N6O2S. The zero-order chi connectivity index (χ0) is 19.1. The third-order valence-electron chi connectivity index (χ3n) is 5.04. The van der Waals surface area contributed by atoms with Crippen LogP contribution in [0.4, 0.5) is 11.8 Å². The first-order valence-electron chi connectivity index (χ1n) is 9.70. The first-order chi connectivity index (χ1) is 13.2. The van der Waals surface area contributed by atoms with Crippen molar-refractivity contribution in [2.45, 2.75) is 32.2 Å². The maximum atomic E-state index is 5.41. The summed E-state index contributed by atoms with van der Waals surface area (Å²) in [6.45, 7) is 8.49. The predicted molar refractivity (Wildman–Crippen MR) is 111 cm³/mol. The smallest absolute Gasteiger partial charge is 0.234 e. The normalized spacial score (nSPS) is 21.0. The van der Waals surface area contributed by atoms with Gasteiger partial charge in [-0.25, -0.2) is 0 Å². The Balaban J connectivity index is 1.56. The van der Waals surface area contributed by atoms with Gasteiger partial charge in [-0.3, -0.25) is 4.90 Å². The summed E-state index contributed by atoms with van der Waals surface area (Å²) >= 11 is 5.41. The van der Waals surface area contributed by atoms with E-state index in [9.17, 15) is 0 Å². The summed E-state index contributed by atoms with van der Waals surface area (Å²) in [5.41, 5.74) is 0. The largest absolute Gasteiger partial charge is 0.481 e. The molecule has 2 aliphatic heterocycles. The molecule has 0 saturated carbocycles. The highest BCUT2D eigenvalue weighted by Gasteiger charge is 2.21. The quantitative estimate of drug-likeness (QED) is 0.698. The van der Waals surface area contributed by atoms with Gasteiger partial charge in [-0.2, -0.15) is 9.97 Å². The van der Waals surface area contributed by atoms with Crippen LogP contribution in [0.2, 0.25) is 0 Å². The van der Waals surface area contributed by atoms with E-state index >= 15 is 0 Å². The van der Waals surface area contributed by atoms with Crippen molar-refractivity contribution in [2.24, 2.45) is 0 Å². The van der Waals surface area contributed by atoms with Gasteiger partial charge in [-0.05, 0) is 38.4 Å². The fourth-order valence-corrected chi connectivity index (χ4v) is 3.65. The zero-order valence-corrected chi connectivity index (χ0v) is 17.1. The van der Waals surface area contributed by atoms with Crippen molar-refractivity contribution in [2.75, 3.05) is 63.3 Å². The number of nitrogens with one attached hydrogen (secondary N) is 2. The lowest BCUT2D eigenvalue weighted by molar-refractivity contribution is 0.0389. The molecule has 0 aliphatic carbocycles. The van der Waals surface area contributed by atoms with Gasteiger partial charge in [0.1, 0.15) is 5.82 Å². The molecule has 0 bridgehead atoms. The SMILES string of the molecule is COc1cc(N2CCCC[C@H]2C)nc(NC(=S)NCCN2CCOCC2)n1. The van der Waals surface area contributed by atoms with E-state index in [4.69, 9.17) is 21.7 Å². The first kappa shape index (κ1) is 20.0. The standard InChI is InChI=1S/C18H30N6O2S/c1-14-5-3-4-7-24(14)15-13-16(25-2)21-17(20-15)22-18(27)19-6-8-23-9-11-26-12-10-23/h13-14H,3-12H2,1-2H3,(H2,19,20,21,22,27)/t14-/m1/s1. The minimum absolute atomic E-state index is 0.463. The van der Waals surface area contributed by atoms with Gasteiger partial charge in [0.15, 0.2) is 5.11 Å². The highest BCUT2D eigenvalue weighted by atomic mass is 32.1. The maximum Gasteiger partial charge on any atom is 0.234 e. The molecule has 150 valence electrons. The van der Waals surface area contributed by atoms with Gasteiger partial charge >= 0.3 is 0 Å². The predicted octanol–water partition coefficient (Wildman–Crippen LogP) is 1.48. The van der Waals surface area contributed by atoms with Crippen molar-refractivity contribution in [3.05, 3.63) is 6.07 Å². The Morgan fingerprint density at radius 1 is 1.30 bits per heavy atom. The molecule has 8 nitrogen and oxygen atoms in total. The van der Waals surface area contributed by atoms with E-state index in [-0.39, 0.29) is 0 Å². The fourth-order valence-electron chi connectivity index (χ4n) is 3.46. The number of rotatable bonds is 6. The number of aromatic nitrogens is 2. The van der Waals surface area contributed by atoms with Crippen LogP contribution in [0.1, 0.15) is 26.2 Å². The Morgan fingerprint density at radius 2 is 2.11 bits per heavy atom. The Labute approximate surface area is 166 Å². The van der Waals surface area contributed by atoms with Crippen molar-refractivity contribution in [3.63, 3.8) is 0 Å². The third-order valence-corrected chi connectivity index (χ3v) is 5.28. The Bertz CT molecular complexity index is 626. The van der Waals surface area contributed by atoms with E-state index < -0.39 is 0 Å². The number of anilines is 2. The van der Waals surface area contributed by atoms with Gasteiger partial charge in [-0.1, -0.05) is 0 Å². The summed E-state index contributed by atoms with van der Waals surface area (Å²) in [5, 5.41) is 6.85. The van der Waals surface area contributed by atoms with Gasteiger partial charge in [0.25, 0.3) is 0 Å². The van der Waals surface area contributed by atoms with Crippen LogP contribution < -0.4 is 20.3 Å². The summed E-state index contributed by atoms with van der Waals surface area (Å²) in [6.07, 6.45) is 3.62. The minimum atomic E-state index is 0.463. The molecule has 0 unspecified atom stereocenters. The molecule has 2 saturated heterocycles.